The minimum Gasteiger partial charge on any atom is -0.489 e. The molecule has 4 aromatic carbocycles. The van der Waals surface area contributed by atoms with E-state index in [-0.39, 0.29) is 36.2 Å². The van der Waals surface area contributed by atoms with Crippen molar-refractivity contribution in [2.24, 2.45) is 0 Å². The van der Waals surface area contributed by atoms with Gasteiger partial charge >= 0.3 is 11.9 Å². The molecule has 4 aromatic rings. The Balaban J connectivity index is 1.43. The summed E-state index contributed by atoms with van der Waals surface area (Å²) in [7, 11) is -3.75. The maximum Gasteiger partial charge on any atom is 0.333 e. The molecule has 0 aliphatic carbocycles. The van der Waals surface area contributed by atoms with Crippen molar-refractivity contribution in [3.05, 3.63) is 119 Å². The Labute approximate surface area is 288 Å². The summed E-state index contributed by atoms with van der Waals surface area (Å²) in [6, 6.07) is 21.6. The van der Waals surface area contributed by atoms with E-state index in [2.05, 4.69) is 13.2 Å². The molecule has 49 heavy (non-hydrogen) atoms. The largest absolute Gasteiger partial charge is 0.489 e. The van der Waals surface area contributed by atoms with Gasteiger partial charge in [-0.25, -0.2) is 18.0 Å². The third-order valence-corrected chi connectivity index (χ3v) is 9.52. The highest BCUT2D eigenvalue weighted by Crippen LogP contribution is 2.33. The molecule has 9 heteroatoms. The standard InChI is InChI=1S/C40H42O8S/c1-25(2)39(41)47-19-17-45-37-27(5)21-33(22-28(37)6)31-9-13-35(14-10-31)49(43,44)36-15-11-32(12-16-36)34-23-29(7)38(30(8)24-34)46-18-20-48-40(42)26(3)4/h9-16,21-24H,1,3,17-20H2,2,4-8H3. The molecule has 0 aliphatic heterocycles. The smallest absolute Gasteiger partial charge is 0.333 e. The van der Waals surface area contributed by atoms with Crippen LogP contribution in [-0.2, 0) is 28.9 Å². The van der Waals surface area contributed by atoms with Crippen molar-refractivity contribution in [2.75, 3.05) is 26.4 Å². The molecule has 0 N–H and O–H groups in total. The van der Waals surface area contributed by atoms with E-state index in [0.717, 1.165) is 44.5 Å². The number of sulfone groups is 1. The Morgan fingerprint density at radius 1 is 0.531 bits per heavy atom. The van der Waals surface area contributed by atoms with Gasteiger partial charge in [0.1, 0.15) is 37.9 Å². The fourth-order valence-corrected chi connectivity index (χ4v) is 6.54. The van der Waals surface area contributed by atoms with Crippen LogP contribution < -0.4 is 9.47 Å². The average Bonchev–Trinajstić information content (AvgIpc) is 3.06. The highest BCUT2D eigenvalue weighted by Gasteiger charge is 2.19. The number of carbonyl (C=O) groups excluding carboxylic acids is 2. The number of benzene rings is 4. The van der Waals surface area contributed by atoms with E-state index in [1.807, 2.05) is 52.0 Å². The highest BCUT2D eigenvalue weighted by atomic mass is 32.2. The quantitative estimate of drug-likeness (QED) is 0.0747. The van der Waals surface area contributed by atoms with Gasteiger partial charge in [-0.15, -0.1) is 0 Å². The first kappa shape index (κ1) is 36.7. The van der Waals surface area contributed by atoms with E-state index in [1.54, 1.807) is 62.4 Å². The number of rotatable bonds is 14. The molecule has 0 heterocycles. The van der Waals surface area contributed by atoms with Crippen LogP contribution in [0.1, 0.15) is 36.1 Å². The van der Waals surface area contributed by atoms with E-state index in [9.17, 15) is 18.0 Å². The van der Waals surface area contributed by atoms with Gasteiger partial charge in [-0.3, -0.25) is 0 Å². The maximum absolute atomic E-state index is 13.5. The zero-order valence-electron chi connectivity index (χ0n) is 28.8. The van der Waals surface area contributed by atoms with Crippen molar-refractivity contribution < 1.29 is 37.0 Å². The van der Waals surface area contributed by atoms with Crippen LogP contribution in [0.15, 0.2) is 107 Å². The molecule has 0 fully saturated rings. The van der Waals surface area contributed by atoms with Gasteiger partial charge in [-0.2, -0.15) is 0 Å². The third kappa shape index (κ3) is 9.06. The first-order valence-electron chi connectivity index (χ1n) is 15.8. The number of hydrogen-bond acceptors (Lipinski definition) is 8. The van der Waals surface area contributed by atoms with Crippen LogP contribution in [0.2, 0.25) is 0 Å². The number of hydrogen-bond donors (Lipinski definition) is 0. The molecule has 0 aliphatic rings. The fraction of sp³-hybridized carbons (Fsp3) is 0.250. The van der Waals surface area contributed by atoms with Crippen LogP contribution in [0.25, 0.3) is 22.3 Å². The molecule has 0 unspecified atom stereocenters. The van der Waals surface area contributed by atoms with Crippen molar-refractivity contribution in [2.45, 2.75) is 51.3 Å². The summed E-state index contributed by atoms with van der Waals surface area (Å²) < 4.78 is 49.0. The lowest BCUT2D eigenvalue weighted by atomic mass is 10.00. The predicted molar refractivity (Wildman–Crippen MR) is 191 cm³/mol. The molecule has 0 aromatic heterocycles. The first-order chi connectivity index (χ1) is 23.2. The van der Waals surface area contributed by atoms with E-state index in [0.29, 0.717) is 22.6 Å². The third-order valence-electron chi connectivity index (χ3n) is 7.74. The lowest BCUT2D eigenvalue weighted by Crippen LogP contribution is -2.13. The van der Waals surface area contributed by atoms with E-state index >= 15 is 0 Å². The van der Waals surface area contributed by atoms with Crippen LogP contribution in [0.3, 0.4) is 0 Å². The molecule has 0 atom stereocenters. The van der Waals surface area contributed by atoms with Gasteiger partial charge < -0.3 is 18.9 Å². The van der Waals surface area contributed by atoms with Crippen molar-refractivity contribution in [1.29, 1.82) is 0 Å². The van der Waals surface area contributed by atoms with Gasteiger partial charge in [0.25, 0.3) is 0 Å². The number of aryl methyl sites for hydroxylation is 4. The summed E-state index contributed by atoms with van der Waals surface area (Å²) >= 11 is 0. The summed E-state index contributed by atoms with van der Waals surface area (Å²) in [4.78, 5) is 23.6. The Kier molecular flexibility index (Phi) is 11.9. The summed E-state index contributed by atoms with van der Waals surface area (Å²) in [6.07, 6.45) is 0. The lowest BCUT2D eigenvalue weighted by molar-refractivity contribution is -0.140. The molecular formula is C40H42O8S. The molecule has 0 bridgehead atoms. The van der Waals surface area contributed by atoms with Crippen molar-refractivity contribution >= 4 is 21.8 Å². The predicted octanol–water partition coefficient (Wildman–Crippen LogP) is 8.08. The van der Waals surface area contributed by atoms with Crippen molar-refractivity contribution in [1.82, 2.24) is 0 Å². The summed E-state index contributed by atoms with van der Waals surface area (Å²) in [6.45, 7) is 18.7. The van der Waals surface area contributed by atoms with Gasteiger partial charge in [0.05, 0.1) is 9.79 Å². The Morgan fingerprint density at radius 2 is 0.837 bits per heavy atom. The highest BCUT2D eigenvalue weighted by molar-refractivity contribution is 7.91. The molecule has 0 radical (unpaired) electrons. The van der Waals surface area contributed by atoms with E-state index in [1.165, 1.54) is 0 Å². The molecule has 256 valence electrons. The van der Waals surface area contributed by atoms with Gasteiger partial charge in [0.2, 0.25) is 9.84 Å². The second-order valence-electron chi connectivity index (χ2n) is 12.0. The number of esters is 2. The second-order valence-corrected chi connectivity index (χ2v) is 13.9. The fourth-order valence-electron chi connectivity index (χ4n) is 5.28. The Bertz CT molecular complexity index is 1800. The van der Waals surface area contributed by atoms with Gasteiger partial charge in [0, 0.05) is 11.1 Å². The molecule has 0 amide bonds. The van der Waals surface area contributed by atoms with Gasteiger partial charge in [-0.05, 0) is 135 Å². The zero-order chi connectivity index (χ0) is 35.9. The maximum atomic E-state index is 13.5. The van der Waals surface area contributed by atoms with Gasteiger partial charge in [0.15, 0.2) is 0 Å². The molecule has 4 rings (SSSR count). The van der Waals surface area contributed by atoms with Crippen LogP contribution in [0, 0.1) is 27.7 Å². The Hall–Kier alpha value is -5.15. The van der Waals surface area contributed by atoms with E-state index in [4.69, 9.17) is 18.9 Å². The molecule has 8 nitrogen and oxygen atoms in total. The molecule has 0 saturated carbocycles. The minimum absolute atomic E-state index is 0.117. The normalized spacial score (nSPS) is 11.1. The topological polar surface area (TPSA) is 105 Å². The second kappa shape index (κ2) is 15.8. The van der Waals surface area contributed by atoms with Crippen LogP contribution in [0.5, 0.6) is 11.5 Å². The molecule has 0 saturated heterocycles. The monoisotopic (exact) mass is 682 g/mol. The number of ether oxygens (including phenoxy) is 4. The average molecular weight is 683 g/mol. The SMILES string of the molecule is C=C(C)C(=O)OCCOc1c(C)cc(-c2ccc(S(=O)(=O)c3ccc(-c4cc(C)c(OCCOC(=O)C(=C)C)c(C)c4)cc3)cc2)cc1C. The zero-order valence-corrected chi connectivity index (χ0v) is 29.7. The van der Waals surface area contributed by atoms with Crippen LogP contribution >= 0.6 is 0 Å². The summed E-state index contributed by atoms with van der Waals surface area (Å²) in [5, 5.41) is 0. The van der Waals surface area contributed by atoms with E-state index < -0.39 is 21.8 Å². The lowest BCUT2D eigenvalue weighted by Gasteiger charge is -2.15. The molecule has 0 spiro atoms. The first-order valence-corrected chi connectivity index (χ1v) is 17.3. The summed E-state index contributed by atoms with van der Waals surface area (Å²) in [5.74, 6) is 0.525. The van der Waals surface area contributed by atoms with Crippen LogP contribution in [-0.4, -0.2) is 46.8 Å². The summed E-state index contributed by atoms with van der Waals surface area (Å²) in [5.41, 5.74) is 7.90. The minimum atomic E-state index is -3.75. The van der Waals surface area contributed by atoms with Crippen molar-refractivity contribution in [3.63, 3.8) is 0 Å². The van der Waals surface area contributed by atoms with Crippen LogP contribution in [0.4, 0.5) is 0 Å². The molecular weight excluding hydrogens is 640 g/mol. The van der Waals surface area contributed by atoms with Crippen molar-refractivity contribution in [3.8, 4) is 33.8 Å². The Morgan fingerprint density at radius 3 is 1.12 bits per heavy atom. The number of carbonyl (C=O) groups is 2. The van der Waals surface area contributed by atoms with Gasteiger partial charge in [-0.1, -0.05) is 37.4 Å².